The molecule has 0 bridgehead atoms. The molecule has 1 rings (SSSR count). The van der Waals surface area contributed by atoms with Gasteiger partial charge >= 0.3 is 0 Å². The van der Waals surface area contributed by atoms with Crippen molar-refractivity contribution in [2.75, 3.05) is 0 Å². The lowest BCUT2D eigenvalue weighted by atomic mass is 10.0. The Morgan fingerprint density at radius 2 is 1.71 bits per heavy atom. The molecule has 0 heterocycles. The second-order valence-electron chi connectivity index (χ2n) is 5.60. The Morgan fingerprint density at radius 3 is 2.19 bits per heavy atom. The molecule has 0 aromatic heterocycles. The van der Waals surface area contributed by atoms with E-state index in [4.69, 9.17) is 0 Å². The van der Waals surface area contributed by atoms with Gasteiger partial charge in [0.05, 0.1) is 9.82 Å². The van der Waals surface area contributed by atoms with E-state index in [1.807, 2.05) is 6.92 Å². The van der Waals surface area contributed by atoms with E-state index >= 15 is 0 Å². The van der Waals surface area contributed by atoms with Crippen LogP contribution in [0.1, 0.15) is 40.0 Å². The van der Waals surface area contributed by atoms with Crippen LogP contribution in [-0.4, -0.2) is 19.4 Å². The van der Waals surface area contributed by atoms with E-state index < -0.39 is 14.9 Å². The van der Waals surface area contributed by atoms with Crippen molar-refractivity contribution < 1.29 is 13.3 Å². The third-order valence-corrected chi connectivity index (χ3v) is 4.74. The van der Waals surface area contributed by atoms with Gasteiger partial charge in [-0.15, -0.1) is 0 Å². The van der Waals surface area contributed by atoms with Gasteiger partial charge in [0.25, 0.3) is 5.69 Å². The summed E-state index contributed by atoms with van der Waals surface area (Å²) in [6.45, 7) is 6.08. The number of benzene rings is 1. The minimum Gasteiger partial charge on any atom is -0.258 e. The molecular formula is C14H22N2O4S. The van der Waals surface area contributed by atoms with E-state index in [2.05, 4.69) is 18.6 Å². The highest BCUT2D eigenvalue weighted by molar-refractivity contribution is 7.89. The quantitative estimate of drug-likeness (QED) is 0.590. The first kappa shape index (κ1) is 17.6. The second-order valence-corrected chi connectivity index (χ2v) is 7.31. The average molecular weight is 314 g/mol. The van der Waals surface area contributed by atoms with Crippen LogP contribution in [0.5, 0.6) is 0 Å². The number of nitrogens with one attached hydrogen (secondary N) is 1. The summed E-state index contributed by atoms with van der Waals surface area (Å²) in [6, 6.07) is 4.72. The fourth-order valence-electron chi connectivity index (χ4n) is 1.97. The molecule has 1 atom stereocenters. The Bertz CT molecular complexity index is 567. The Kier molecular flexibility index (Phi) is 6.29. The molecule has 1 aromatic rings. The normalized spacial score (nSPS) is 13.3. The van der Waals surface area contributed by atoms with Gasteiger partial charge in [0, 0.05) is 18.2 Å². The Hall–Kier alpha value is -1.47. The van der Waals surface area contributed by atoms with Crippen molar-refractivity contribution in [3.8, 4) is 0 Å². The minimum absolute atomic E-state index is 0.0452. The van der Waals surface area contributed by atoms with Gasteiger partial charge in [0.1, 0.15) is 0 Å². The van der Waals surface area contributed by atoms with Gasteiger partial charge in [-0.2, -0.15) is 0 Å². The van der Waals surface area contributed by atoms with E-state index in [-0.39, 0.29) is 16.6 Å². The lowest BCUT2D eigenvalue weighted by Crippen LogP contribution is -2.32. The zero-order chi connectivity index (χ0) is 16.0. The third kappa shape index (κ3) is 5.81. The average Bonchev–Trinajstić information content (AvgIpc) is 2.37. The molecule has 6 nitrogen and oxygen atoms in total. The Morgan fingerprint density at radius 1 is 1.14 bits per heavy atom. The molecule has 0 saturated heterocycles. The molecule has 7 heteroatoms. The number of nitro groups is 1. The summed E-state index contributed by atoms with van der Waals surface area (Å²) in [7, 11) is -3.63. The highest BCUT2D eigenvalue weighted by atomic mass is 32.2. The molecule has 1 N–H and O–H groups in total. The number of nitrogens with zero attached hydrogens (tertiary/aromatic N) is 1. The summed E-state index contributed by atoms with van der Waals surface area (Å²) in [5.41, 5.74) is -0.126. The van der Waals surface area contributed by atoms with Crippen LogP contribution in [0.3, 0.4) is 0 Å². The molecule has 0 aliphatic heterocycles. The van der Waals surface area contributed by atoms with Gasteiger partial charge in [-0.1, -0.05) is 26.7 Å². The van der Waals surface area contributed by atoms with Crippen molar-refractivity contribution >= 4 is 15.7 Å². The largest absolute Gasteiger partial charge is 0.269 e. The molecule has 118 valence electrons. The van der Waals surface area contributed by atoms with Crippen LogP contribution >= 0.6 is 0 Å². The van der Waals surface area contributed by atoms with Crippen LogP contribution in [0.15, 0.2) is 29.2 Å². The Balaban J connectivity index is 2.66. The number of non-ortho nitro benzene ring substituents is 1. The number of rotatable bonds is 8. The molecule has 0 saturated carbocycles. The van der Waals surface area contributed by atoms with Crippen molar-refractivity contribution in [2.24, 2.45) is 5.92 Å². The van der Waals surface area contributed by atoms with Crippen LogP contribution < -0.4 is 4.72 Å². The topological polar surface area (TPSA) is 89.3 Å². The molecule has 21 heavy (non-hydrogen) atoms. The lowest BCUT2D eigenvalue weighted by molar-refractivity contribution is -0.384. The van der Waals surface area contributed by atoms with E-state index in [0.717, 1.165) is 19.3 Å². The molecule has 0 fully saturated rings. The van der Waals surface area contributed by atoms with Crippen LogP contribution in [0.25, 0.3) is 0 Å². The Labute approximate surface area is 125 Å². The van der Waals surface area contributed by atoms with Crippen LogP contribution in [0, 0.1) is 16.0 Å². The van der Waals surface area contributed by atoms with Crippen LogP contribution in [0.4, 0.5) is 5.69 Å². The van der Waals surface area contributed by atoms with Gasteiger partial charge in [0.15, 0.2) is 0 Å². The van der Waals surface area contributed by atoms with E-state index in [9.17, 15) is 18.5 Å². The minimum atomic E-state index is -3.63. The monoisotopic (exact) mass is 314 g/mol. The van der Waals surface area contributed by atoms with E-state index in [0.29, 0.717) is 5.92 Å². The number of nitro benzene ring substituents is 1. The number of sulfonamides is 1. The number of hydrogen-bond donors (Lipinski definition) is 1. The van der Waals surface area contributed by atoms with Crippen molar-refractivity contribution in [1.82, 2.24) is 4.72 Å². The molecule has 0 aliphatic rings. The summed E-state index contributed by atoms with van der Waals surface area (Å²) in [4.78, 5) is 10.0. The molecule has 0 aliphatic carbocycles. The van der Waals surface area contributed by atoms with E-state index in [1.54, 1.807) is 0 Å². The lowest BCUT2D eigenvalue weighted by Gasteiger charge is -2.14. The SMILES string of the molecule is CC(C)CCCC(C)NS(=O)(=O)c1ccc([N+](=O)[O-])cc1. The first-order chi connectivity index (χ1) is 9.72. The van der Waals surface area contributed by atoms with Crippen molar-refractivity contribution in [1.29, 1.82) is 0 Å². The van der Waals surface area contributed by atoms with Crippen molar-refractivity contribution in [2.45, 2.75) is 51.0 Å². The van der Waals surface area contributed by atoms with E-state index in [1.165, 1.54) is 24.3 Å². The van der Waals surface area contributed by atoms with Crippen LogP contribution in [0.2, 0.25) is 0 Å². The summed E-state index contributed by atoms with van der Waals surface area (Å²) in [5.74, 6) is 0.600. The van der Waals surface area contributed by atoms with Gasteiger partial charge in [-0.05, 0) is 31.4 Å². The first-order valence-electron chi connectivity index (χ1n) is 6.99. The summed E-state index contributed by atoms with van der Waals surface area (Å²) < 4.78 is 26.9. The van der Waals surface area contributed by atoms with Gasteiger partial charge < -0.3 is 0 Å². The predicted molar refractivity (Wildman–Crippen MR) is 81.6 cm³/mol. The standard InChI is InChI=1S/C14H22N2O4S/c1-11(2)5-4-6-12(3)15-21(19,20)14-9-7-13(8-10-14)16(17)18/h7-12,15H,4-6H2,1-3H3. The zero-order valence-electron chi connectivity index (χ0n) is 12.6. The highest BCUT2D eigenvalue weighted by Crippen LogP contribution is 2.17. The zero-order valence-corrected chi connectivity index (χ0v) is 13.4. The summed E-state index contributed by atoms with van der Waals surface area (Å²) >= 11 is 0. The smallest absolute Gasteiger partial charge is 0.258 e. The highest BCUT2D eigenvalue weighted by Gasteiger charge is 2.18. The predicted octanol–water partition coefficient (Wildman–Crippen LogP) is 3.09. The fourth-order valence-corrected chi connectivity index (χ4v) is 3.25. The summed E-state index contributed by atoms with van der Waals surface area (Å²) in [6.07, 6.45) is 2.79. The molecule has 0 amide bonds. The molecule has 0 spiro atoms. The van der Waals surface area contributed by atoms with Gasteiger partial charge in [0.2, 0.25) is 10.0 Å². The maximum absolute atomic E-state index is 12.1. The fraction of sp³-hybridized carbons (Fsp3) is 0.571. The number of hydrogen-bond acceptors (Lipinski definition) is 4. The maximum Gasteiger partial charge on any atom is 0.269 e. The third-order valence-electron chi connectivity index (χ3n) is 3.13. The van der Waals surface area contributed by atoms with Gasteiger partial charge in [-0.25, -0.2) is 13.1 Å². The summed E-state index contributed by atoms with van der Waals surface area (Å²) in [5, 5.41) is 10.6. The van der Waals surface area contributed by atoms with Crippen molar-refractivity contribution in [3.63, 3.8) is 0 Å². The molecule has 1 aromatic carbocycles. The molecule has 1 unspecified atom stereocenters. The second kappa shape index (κ2) is 7.51. The van der Waals surface area contributed by atoms with Crippen LogP contribution in [-0.2, 0) is 10.0 Å². The molecular weight excluding hydrogens is 292 g/mol. The van der Waals surface area contributed by atoms with Gasteiger partial charge in [-0.3, -0.25) is 10.1 Å². The maximum atomic E-state index is 12.1. The van der Waals surface area contributed by atoms with Crippen molar-refractivity contribution in [3.05, 3.63) is 34.4 Å². The molecule has 0 radical (unpaired) electrons. The first-order valence-corrected chi connectivity index (χ1v) is 8.47.